The van der Waals surface area contributed by atoms with Crippen LogP contribution in [0.15, 0.2) is 23.1 Å². The third-order valence-corrected chi connectivity index (χ3v) is 4.06. The fourth-order valence-electron chi connectivity index (χ4n) is 1.54. The third-order valence-electron chi connectivity index (χ3n) is 2.64. The standard InChI is InChI=1S/C14H21NO5S/c1-4-7-20-13-6-5-11(8-12(13)14(16)17)21(18,19)15-9-10(2)3/h5-6,8,10,15H,4,7,9H2,1-3H3,(H,16,17). The molecular formula is C14H21NO5S. The summed E-state index contributed by atoms with van der Waals surface area (Å²) in [4.78, 5) is 11.2. The molecule has 0 heterocycles. The third kappa shape index (κ3) is 5.02. The van der Waals surface area contributed by atoms with E-state index in [0.29, 0.717) is 13.2 Å². The van der Waals surface area contributed by atoms with Crippen LogP contribution in [0.3, 0.4) is 0 Å². The summed E-state index contributed by atoms with van der Waals surface area (Å²) in [5.41, 5.74) is -0.157. The van der Waals surface area contributed by atoms with Crippen molar-refractivity contribution in [3.63, 3.8) is 0 Å². The monoisotopic (exact) mass is 315 g/mol. The Bertz CT molecular complexity index is 595. The molecule has 118 valence electrons. The minimum absolute atomic E-state index is 0.0793. The minimum atomic E-state index is -3.72. The lowest BCUT2D eigenvalue weighted by Crippen LogP contribution is -2.27. The van der Waals surface area contributed by atoms with E-state index in [1.807, 2.05) is 20.8 Å². The lowest BCUT2D eigenvalue weighted by molar-refractivity contribution is 0.0692. The van der Waals surface area contributed by atoms with Gasteiger partial charge in [0.15, 0.2) is 0 Å². The quantitative estimate of drug-likeness (QED) is 0.766. The summed E-state index contributed by atoms with van der Waals surface area (Å²) in [6.07, 6.45) is 0.731. The number of carboxylic acids is 1. The zero-order chi connectivity index (χ0) is 16.0. The molecule has 1 rings (SSSR count). The van der Waals surface area contributed by atoms with Gasteiger partial charge >= 0.3 is 5.97 Å². The van der Waals surface area contributed by atoms with Crippen molar-refractivity contribution in [3.8, 4) is 5.75 Å². The van der Waals surface area contributed by atoms with E-state index in [2.05, 4.69) is 4.72 Å². The van der Waals surface area contributed by atoms with Gasteiger partial charge in [-0.15, -0.1) is 0 Å². The van der Waals surface area contributed by atoms with Gasteiger partial charge in [0.1, 0.15) is 11.3 Å². The average molecular weight is 315 g/mol. The van der Waals surface area contributed by atoms with E-state index >= 15 is 0 Å². The van der Waals surface area contributed by atoms with E-state index in [9.17, 15) is 18.3 Å². The van der Waals surface area contributed by atoms with Crippen molar-refractivity contribution in [2.75, 3.05) is 13.2 Å². The summed E-state index contributed by atoms with van der Waals surface area (Å²) < 4.78 is 31.9. The molecule has 6 nitrogen and oxygen atoms in total. The van der Waals surface area contributed by atoms with Gasteiger partial charge in [-0.2, -0.15) is 0 Å². The minimum Gasteiger partial charge on any atom is -0.493 e. The Hall–Kier alpha value is -1.60. The second kappa shape index (κ2) is 7.42. The molecule has 0 saturated carbocycles. The smallest absolute Gasteiger partial charge is 0.339 e. The molecule has 7 heteroatoms. The molecule has 0 amide bonds. The van der Waals surface area contributed by atoms with Gasteiger partial charge in [0.25, 0.3) is 0 Å². The van der Waals surface area contributed by atoms with E-state index in [1.54, 1.807) is 0 Å². The maximum Gasteiger partial charge on any atom is 0.339 e. The number of hydrogen-bond acceptors (Lipinski definition) is 4. The Balaban J connectivity index is 3.10. The topological polar surface area (TPSA) is 92.7 Å². The molecule has 0 aliphatic carbocycles. The summed E-state index contributed by atoms with van der Waals surface area (Å²) in [7, 11) is -3.72. The SMILES string of the molecule is CCCOc1ccc(S(=O)(=O)NCC(C)C)cc1C(=O)O. The van der Waals surface area contributed by atoms with Crippen molar-refractivity contribution in [3.05, 3.63) is 23.8 Å². The van der Waals surface area contributed by atoms with Crippen LogP contribution in [0.1, 0.15) is 37.6 Å². The van der Waals surface area contributed by atoms with E-state index in [4.69, 9.17) is 4.74 Å². The molecule has 0 aliphatic heterocycles. The average Bonchev–Trinajstić information content (AvgIpc) is 2.42. The highest BCUT2D eigenvalue weighted by Crippen LogP contribution is 2.23. The maximum absolute atomic E-state index is 12.1. The molecule has 0 atom stereocenters. The van der Waals surface area contributed by atoms with Crippen LogP contribution in [-0.4, -0.2) is 32.6 Å². The van der Waals surface area contributed by atoms with Crippen molar-refractivity contribution in [1.82, 2.24) is 4.72 Å². The fraction of sp³-hybridized carbons (Fsp3) is 0.500. The molecule has 21 heavy (non-hydrogen) atoms. The first-order valence-electron chi connectivity index (χ1n) is 6.77. The van der Waals surface area contributed by atoms with Gasteiger partial charge in [-0.05, 0) is 30.5 Å². The number of nitrogens with one attached hydrogen (secondary N) is 1. The summed E-state index contributed by atoms with van der Waals surface area (Å²) in [5, 5.41) is 9.18. The molecule has 1 aromatic rings. The first-order chi connectivity index (χ1) is 9.77. The highest BCUT2D eigenvalue weighted by molar-refractivity contribution is 7.89. The lowest BCUT2D eigenvalue weighted by atomic mass is 10.2. The van der Waals surface area contributed by atoms with Gasteiger partial charge in [-0.1, -0.05) is 20.8 Å². The molecule has 0 aliphatic rings. The number of rotatable bonds is 8. The number of ether oxygens (including phenoxy) is 1. The number of hydrogen-bond donors (Lipinski definition) is 2. The number of carboxylic acid groups (broad SMARTS) is 1. The molecule has 0 spiro atoms. The number of aromatic carboxylic acids is 1. The van der Waals surface area contributed by atoms with E-state index in [-0.39, 0.29) is 22.1 Å². The Kier molecular flexibility index (Phi) is 6.17. The molecule has 0 aromatic heterocycles. The summed E-state index contributed by atoms with van der Waals surface area (Å²) >= 11 is 0. The Morgan fingerprint density at radius 1 is 1.38 bits per heavy atom. The van der Waals surface area contributed by atoms with Gasteiger partial charge in [0, 0.05) is 6.54 Å². The van der Waals surface area contributed by atoms with E-state index < -0.39 is 16.0 Å². The van der Waals surface area contributed by atoms with Gasteiger partial charge in [-0.25, -0.2) is 17.9 Å². The van der Waals surface area contributed by atoms with Crippen LogP contribution >= 0.6 is 0 Å². The van der Waals surface area contributed by atoms with Crippen LogP contribution in [0.25, 0.3) is 0 Å². The normalized spacial score (nSPS) is 11.6. The molecule has 0 fully saturated rings. The first-order valence-corrected chi connectivity index (χ1v) is 8.26. The fourth-order valence-corrected chi connectivity index (χ4v) is 2.78. The highest BCUT2D eigenvalue weighted by Gasteiger charge is 2.19. The van der Waals surface area contributed by atoms with Crippen LogP contribution in [0, 0.1) is 5.92 Å². The van der Waals surface area contributed by atoms with Gasteiger partial charge in [-0.3, -0.25) is 0 Å². The van der Waals surface area contributed by atoms with Crippen LogP contribution in [-0.2, 0) is 10.0 Å². The number of carbonyl (C=O) groups is 1. The number of benzene rings is 1. The van der Waals surface area contributed by atoms with Gasteiger partial charge in [0.2, 0.25) is 10.0 Å². The van der Waals surface area contributed by atoms with Gasteiger partial charge < -0.3 is 9.84 Å². The van der Waals surface area contributed by atoms with E-state index in [0.717, 1.165) is 12.5 Å². The van der Waals surface area contributed by atoms with Gasteiger partial charge in [0.05, 0.1) is 11.5 Å². The second-order valence-electron chi connectivity index (χ2n) is 5.06. The van der Waals surface area contributed by atoms with Crippen LogP contribution < -0.4 is 9.46 Å². The van der Waals surface area contributed by atoms with E-state index in [1.165, 1.54) is 12.1 Å². The van der Waals surface area contributed by atoms with Crippen molar-refractivity contribution >= 4 is 16.0 Å². The largest absolute Gasteiger partial charge is 0.493 e. The Labute approximate surface area is 125 Å². The summed E-state index contributed by atoms with van der Waals surface area (Å²) in [6.45, 7) is 6.33. The summed E-state index contributed by atoms with van der Waals surface area (Å²) in [6, 6.07) is 3.85. The highest BCUT2D eigenvalue weighted by atomic mass is 32.2. The number of sulfonamides is 1. The molecule has 0 bridgehead atoms. The zero-order valence-corrected chi connectivity index (χ0v) is 13.2. The molecule has 2 N–H and O–H groups in total. The molecular weight excluding hydrogens is 294 g/mol. The molecule has 1 aromatic carbocycles. The maximum atomic E-state index is 12.1. The van der Waals surface area contributed by atoms with Crippen molar-refractivity contribution in [2.45, 2.75) is 32.1 Å². The predicted molar refractivity (Wildman–Crippen MR) is 79.2 cm³/mol. The predicted octanol–water partition coefficient (Wildman–Crippen LogP) is 2.11. The first kappa shape index (κ1) is 17.5. The van der Waals surface area contributed by atoms with Crippen molar-refractivity contribution in [2.24, 2.45) is 5.92 Å². The second-order valence-corrected chi connectivity index (χ2v) is 6.82. The van der Waals surface area contributed by atoms with Crippen molar-refractivity contribution < 1.29 is 23.1 Å². The molecule has 0 radical (unpaired) electrons. The Morgan fingerprint density at radius 3 is 2.57 bits per heavy atom. The van der Waals surface area contributed by atoms with Crippen molar-refractivity contribution in [1.29, 1.82) is 0 Å². The molecule has 0 unspecified atom stereocenters. The zero-order valence-electron chi connectivity index (χ0n) is 12.4. The van der Waals surface area contributed by atoms with Crippen LogP contribution in [0.5, 0.6) is 5.75 Å². The van der Waals surface area contributed by atoms with Crippen LogP contribution in [0.4, 0.5) is 0 Å². The Morgan fingerprint density at radius 2 is 2.05 bits per heavy atom. The molecule has 0 saturated heterocycles. The summed E-state index contributed by atoms with van der Waals surface area (Å²) in [5.74, 6) is -0.889. The van der Waals surface area contributed by atoms with Crippen LogP contribution in [0.2, 0.25) is 0 Å². The lowest BCUT2D eigenvalue weighted by Gasteiger charge is -2.12.